The van der Waals surface area contributed by atoms with E-state index in [-0.39, 0.29) is 17.3 Å². The number of ketones is 1. The summed E-state index contributed by atoms with van der Waals surface area (Å²) in [4.78, 5) is 14.9. The van der Waals surface area contributed by atoms with Gasteiger partial charge in [-0.1, -0.05) is 36.5 Å². The van der Waals surface area contributed by atoms with Gasteiger partial charge in [-0.2, -0.15) is 0 Å². The van der Waals surface area contributed by atoms with Crippen molar-refractivity contribution in [2.24, 2.45) is 5.41 Å². The number of Topliss-reactive ketones (excluding diaryl/α,β-unsaturated/α-hetero) is 1. The highest BCUT2D eigenvalue weighted by Gasteiger charge is 2.45. The van der Waals surface area contributed by atoms with Crippen LogP contribution in [0.3, 0.4) is 0 Å². The van der Waals surface area contributed by atoms with Crippen molar-refractivity contribution >= 4 is 11.9 Å². The topological polar surface area (TPSA) is 40.5 Å². The predicted octanol–water partition coefficient (Wildman–Crippen LogP) is 3.82. The molecule has 3 heteroatoms. The average molecular weight is 364 g/mol. The van der Waals surface area contributed by atoms with Crippen LogP contribution in [0.2, 0.25) is 0 Å². The molecular formula is C24H29NO2. The monoisotopic (exact) mass is 363 g/mol. The fraction of sp³-hybridized carbons (Fsp3) is 0.458. The molecule has 1 aromatic rings. The van der Waals surface area contributed by atoms with E-state index in [2.05, 4.69) is 18.8 Å². The van der Waals surface area contributed by atoms with Crippen LogP contribution in [0.4, 0.5) is 0 Å². The Morgan fingerprint density at radius 1 is 1.30 bits per heavy atom. The van der Waals surface area contributed by atoms with E-state index in [1.54, 1.807) is 0 Å². The Morgan fingerprint density at radius 2 is 2.00 bits per heavy atom. The van der Waals surface area contributed by atoms with Crippen molar-refractivity contribution in [1.29, 1.82) is 0 Å². The number of hydrogen-bond donors (Lipinski definition) is 1. The summed E-state index contributed by atoms with van der Waals surface area (Å²) in [6.07, 6.45) is 4.93. The molecule has 0 aromatic heterocycles. The molecule has 3 rings (SSSR count). The first-order valence-electron chi connectivity index (χ1n) is 9.68. The highest BCUT2D eigenvalue weighted by Crippen LogP contribution is 2.50. The molecule has 0 bridgehead atoms. The van der Waals surface area contributed by atoms with E-state index in [9.17, 15) is 9.90 Å². The number of rotatable bonds is 2. The Kier molecular flexibility index (Phi) is 5.69. The molecule has 3 nitrogen and oxygen atoms in total. The lowest BCUT2D eigenvalue weighted by Gasteiger charge is -2.45. The SMILES string of the molecule is CC1=C2CCC[C@H](O)[C@@]2(C)C/C(=C/c2ccc(C#CCN(C)C)cc2)C1=O. The van der Waals surface area contributed by atoms with Crippen molar-refractivity contribution in [2.75, 3.05) is 20.6 Å². The van der Waals surface area contributed by atoms with Gasteiger partial charge in [0, 0.05) is 16.6 Å². The zero-order valence-corrected chi connectivity index (χ0v) is 16.8. The fourth-order valence-corrected chi connectivity index (χ4v) is 4.25. The number of benzene rings is 1. The van der Waals surface area contributed by atoms with E-state index in [1.165, 1.54) is 0 Å². The summed E-state index contributed by atoms with van der Waals surface area (Å²) < 4.78 is 0. The highest BCUT2D eigenvalue weighted by atomic mass is 16.3. The summed E-state index contributed by atoms with van der Waals surface area (Å²) in [5.41, 5.74) is 4.46. The normalized spacial score (nSPS) is 26.8. The zero-order valence-electron chi connectivity index (χ0n) is 16.8. The number of aliphatic hydroxyl groups excluding tert-OH is 1. The molecule has 0 spiro atoms. The van der Waals surface area contributed by atoms with Crippen molar-refractivity contribution < 1.29 is 9.90 Å². The third kappa shape index (κ3) is 4.08. The number of carbonyl (C=O) groups is 1. The third-order valence-electron chi connectivity index (χ3n) is 5.85. The summed E-state index contributed by atoms with van der Waals surface area (Å²) in [7, 11) is 3.99. The fourth-order valence-electron chi connectivity index (χ4n) is 4.25. The van der Waals surface area contributed by atoms with Crippen LogP contribution < -0.4 is 0 Å². The minimum atomic E-state index is -0.373. The van der Waals surface area contributed by atoms with E-state index < -0.39 is 0 Å². The molecule has 0 saturated heterocycles. The first kappa shape index (κ1) is 19.6. The van der Waals surface area contributed by atoms with Gasteiger partial charge in [-0.25, -0.2) is 0 Å². The summed E-state index contributed by atoms with van der Waals surface area (Å²) in [5.74, 6) is 6.41. The van der Waals surface area contributed by atoms with Crippen LogP contribution in [0.5, 0.6) is 0 Å². The quantitative estimate of drug-likeness (QED) is 0.641. The second kappa shape index (κ2) is 7.84. The molecule has 1 N–H and O–H groups in total. The molecular weight excluding hydrogens is 334 g/mol. The lowest BCUT2D eigenvalue weighted by atomic mass is 9.61. The van der Waals surface area contributed by atoms with Crippen LogP contribution in [0.1, 0.15) is 50.7 Å². The molecule has 1 aromatic carbocycles. The second-order valence-corrected chi connectivity index (χ2v) is 8.27. The number of aliphatic hydroxyl groups is 1. The number of hydrogen-bond acceptors (Lipinski definition) is 3. The van der Waals surface area contributed by atoms with Gasteiger partial charge in [-0.05, 0) is 76.0 Å². The Bertz CT molecular complexity index is 849. The summed E-state index contributed by atoms with van der Waals surface area (Å²) in [5, 5.41) is 10.6. The lowest BCUT2D eigenvalue weighted by molar-refractivity contribution is -0.113. The molecule has 0 unspecified atom stereocenters. The van der Waals surface area contributed by atoms with Crippen LogP contribution in [0, 0.1) is 17.3 Å². The molecule has 0 aliphatic heterocycles. The van der Waals surface area contributed by atoms with Crippen molar-refractivity contribution in [2.45, 2.75) is 45.6 Å². The van der Waals surface area contributed by atoms with Crippen LogP contribution in [0.15, 0.2) is 41.0 Å². The minimum Gasteiger partial charge on any atom is -0.392 e. The second-order valence-electron chi connectivity index (χ2n) is 8.27. The molecule has 1 fully saturated rings. The highest BCUT2D eigenvalue weighted by molar-refractivity contribution is 6.12. The van der Waals surface area contributed by atoms with Crippen molar-refractivity contribution in [1.82, 2.24) is 4.90 Å². The standard InChI is InChI=1S/C24H29NO2/c1-17-21-8-5-9-22(26)24(21,2)16-20(23(17)27)15-19-12-10-18(11-13-19)7-6-14-25(3)4/h10-13,15,22,26H,5,8-9,14,16H2,1-4H3/b20-15-/t22-,24-/m0/s1. The largest absolute Gasteiger partial charge is 0.392 e. The minimum absolute atomic E-state index is 0.131. The number of allylic oxidation sites excluding steroid dienone is 2. The summed E-state index contributed by atoms with van der Waals surface area (Å²) in [6, 6.07) is 8.00. The van der Waals surface area contributed by atoms with E-state index in [4.69, 9.17) is 0 Å². The molecule has 1 saturated carbocycles. The molecule has 142 valence electrons. The van der Waals surface area contributed by atoms with Crippen LogP contribution >= 0.6 is 0 Å². The maximum absolute atomic E-state index is 12.9. The number of nitrogens with zero attached hydrogens (tertiary/aromatic N) is 1. The maximum atomic E-state index is 12.9. The molecule has 2 atom stereocenters. The van der Waals surface area contributed by atoms with E-state index in [0.717, 1.165) is 53.7 Å². The van der Waals surface area contributed by atoms with Crippen molar-refractivity contribution in [3.05, 3.63) is 52.1 Å². The van der Waals surface area contributed by atoms with Gasteiger partial charge in [0.15, 0.2) is 5.78 Å². The van der Waals surface area contributed by atoms with E-state index in [1.807, 2.05) is 56.3 Å². The smallest absolute Gasteiger partial charge is 0.184 e. The first-order chi connectivity index (χ1) is 12.8. The van der Waals surface area contributed by atoms with E-state index in [0.29, 0.717) is 6.42 Å². The third-order valence-corrected chi connectivity index (χ3v) is 5.85. The zero-order chi connectivity index (χ0) is 19.6. The van der Waals surface area contributed by atoms with Gasteiger partial charge in [0.1, 0.15) is 0 Å². The number of carbonyl (C=O) groups excluding carboxylic acids is 1. The van der Waals surface area contributed by atoms with Gasteiger partial charge in [-0.15, -0.1) is 0 Å². The maximum Gasteiger partial charge on any atom is 0.184 e. The van der Waals surface area contributed by atoms with Gasteiger partial charge in [0.25, 0.3) is 0 Å². The lowest BCUT2D eigenvalue weighted by Crippen LogP contribution is -2.42. The van der Waals surface area contributed by atoms with Gasteiger partial charge in [-0.3, -0.25) is 9.69 Å². The Labute approximate surface area is 162 Å². The Morgan fingerprint density at radius 3 is 2.67 bits per heavy atom. The first-order valence-corrected chi connectivity index (χ1v) is 9.68. The predicted molar refractivity (Wildman–Crippen MR) is 110 cm³/mol. The van der Waals surface area contributed by atoms with Crippen LogP contribution in [0.25, 0.3) is 6.08 Å². The molecule has 0 amide bonds. The molecule has 2 aliphatic carbocycles. The van der Waals surface area contributed by atoms with Crippen LogP contribution in [-0.4, -0.2) is 42.5 Å². The Hall–Kier alpha value is -2.15. The molecule has 27 heavy (non-hydrogen) atoms. The van der Waals surface area contributed by atoms with Crippen molar-refractivity contribution in [3.8, 4) is 11.8 Å². The summed E-state index contributed by atoms with van der Waals surface area (Å²) in [6.45, 7) is 4.76. The van der Waals surface area contributed by atoms with Crippen LogP contribution in [-0.2, 0) is 4.79 Å². The van der Waals surface area contributed by atoms with Crippen molar-refractivity contribution in [3.63, 3.8) is 0 Å². The molecule has 2 aliphatic rings. The van der Waals surface area contributed by atoms with Gasteiger partial charge in [0.2, 0.25) is 0 Å². The van der Waals surface area contributed by atoms with E-state index >= 15 is 0 Å². The number of fused-ring (bicyclic) bond motifs is 1. The van der Waals surface area contributed by atoms with Gasteiger partial charge in [0.05, 0.1) is 12.6 Å². The van der Waals surface area contributed by atoms with Gasteiger partial charge < -0.3 is 5.11 Å². The molecule has 0 radical (unpaired) electrons. The summed E-state index contributed by atoms with van der Waals surface area (Å²) >= 11 is 0. The van der Waals surface area contributed by atoms with Gasteiger partial charge >= 0.3 is 0 Å². The molecule has 0 heterocycles. The average Bonchev–Trinajstić information content (AvgIpc) is 2.62. The Balaban J connectivity index is 1.85.